The van der Waals surface area contributed by atoms with Crippen LogP contribution in [0.5, 0.6) is 0 Å². The van der Waals surface area contributed by atoms with Gasteiger partial charge in [0.05, 0.1) is 6.61 Å². The zero-order valence-electron chi connectivity index (χ0n) is 13.0. The highest BCUT2D eigenvalue weighted by atomic mass is 16.5. The van der Waals surface area contributed by atoms with Gasteiger partial charge in [-0.15, -0.1) is 0 Å². The molecule has 1 atom stereocenters. The number of benzene rings is 2. The van der Waals surface area contributed by atoms with Crippen molar-refractivity contribution in [1.29, 1.82) is 0 Å². The third-order valence-electron chi connectivity index (χ3n) is 3.19. The van der Waals surface area contributed by atoms with E-state index in [0.717, 1.165) is 5.56 Å². The van der Waals surface area contributed by atoms with Gasteiger partial charge in [-0.05, 0) is 24.6 Å². The molecule has 2 amide bonds. The van der Waals surface area contributed by atoms with E-state index in [2.05, 4.69) is 10.6 Å². The standard InChI is InChI=1S/C18H20N2O3/c1-2-23-17(21)16(13-14-9-5-3-6-10-14)20-18(22)19-15-11-7-4-8-12-15/h3-12,16H,2,13H2,1H3,(H2,19,20,22)/t16-/m0/s1. The van der Waals surface area contributed by atoms with E-state index >= 15 is 0 Å². The maximum atomic E-state index is 12.1. The van der Waals surface area contributed by atoms with Crippen molar-refractivity contribution in [1.82, 2.24) is 5.32 Å². The molecule has 5 heteroatoms. The molecule has 2 rings (SSSR count). The number of para-hydroxylation sites is 1. The van der Waals surface area contributed by atoms with Crippen LogP contribution in [0.15, 0.2) is 60.7 Å². The Bertz CT molecular complexity index is 629. The fourth-order valence-corrected chi connectivity index (χ4v) is 2.13. The lowest BCUT2D eigenvalue weighted by Crippen LogP contribution is -2.45. The average Bonchev–Trinajstić information content (AvgIpc) is 2.56. The first-order valence-corrected chi connectivity index (χ1v) is 7.52. The molecule has 0 aliphatic heterocycles. The van der Waals surface area contributed by atoms with Gasteiger partial charge < -0.3 is 15.4 Å². The van der Waals surface area contributed by atoms with Crippen molar-refractivity contribution in [2.24, 2.45) is 0 Å². The molecule has 0 radical (unpaired) electrons. The molecule has 0 saturated heterocycles. The second-order valence-electron chi connectivity index (χ2n) is 4.96. The predicted octanol–water partition coefficient (Wildman–Crippen LogP) is 2.98. The molecule has 0 spiro atoms. The monoisotopic (exact) mass is 312 g/mol. The second kappa shape index (κ2) is 8.58. The molecule has 0 aliphatic carbocycles. The molecular weight excluding hydrogens is 292 g/mol. The number of esters is 1. The van der Waals surface area contributed by atoms with Gasteiger partial charge in [-0.3, -0.25) is 0 Å². The quantitative estimate of drug-likeness (QED) is 0.806. The molecule has 0 aromatic heterocycles. The third kappa shape index (κ3) is 5.47. The predicted molar refractivity (Wildman–Crippen MR) is 89.2 cm³/mol. The van der Waals surface area contributed by atoms with Gasteiger partial charge in [-0.25, -0.2) is 9.59 Å². The van der Waals surface area contributed by atoms with Crippen molar-refractivity contribution < 1.29 is 14.3 Å². The molecule has 0 unspecified atom stereocenters. The lowest BCUT2D eigenvalue weighted by atomic mass is 10.1. The highest BCUT2D eigenvalue weighted by Gasteiger charge is 2.22. The first-order valence-electron chi connectivity index (χ1n) is 7.52. The number of hydrogen-bond donors (Lipinski definition) is 2. The van der Waals surface area contributed by atoms with Crippen molar-refractivity contribution in [2.75, 3.05) is 11.9 Å². The van der Waals surface area contributed by atoms with Crippen LogP contribution in [0.2, 0.25) is 0 Å². The first-order chi connectivity index (χ1) is 11.2. The fourth-order valence-electron chi connectivity index (χ4n) is 2.13. The van der Waals surface area contributed by atoms with Crippen molar-refractivity contribution in [3.63, 3.8) is 0 Å². The van der Waals surface area contributed by atoms with Gasteiger partial charge in [0.25, 0.3) is 0 Å². The Balaban J connectivity index is 2.01. The topological polar surface area (TPSA) is 67.4 Å². The number of amides is 2. The van der Waals surface area contributed by atoms with E-state index in [4.69, 9.17) is 4.74 Å². The number of hydrogen-bond acceptors (Lipinski definition) is 3. The maximum absolute atomic E-state index is 12.1. The van der Waals surface area contributed by atoms with Gasteiger partial charge >= 0.3 is 12.0 Å². The summed E-state index contributed by atoms with van der Waals surface area (Å²) in [5.41, 5.74) is 1.61. The van der Waals surface area contributed by atoms with E-state index < -0.39 is 18.0 Å². The van der Waals surface area contributed by atoms with E-state index in [0.29, 0.717) is 12.1 Å². The summed E-state index contributed by atoms with van der Waals surface area (Å²) in [6, 6.07) is 17.4. The van der Waals surface area contributed by atoms with Crippen molar-refractivity contribution in [3.05, 3.63) is 66.2 Å². The molecule has 2 N–H and O–H groups in total. The Morgan fingerprint density at radius 1 is 1.00 bits per heavy atom. The van der Waals surface area contributed by atoms with Gasteiger partial charge in [0.2, 0.25) is 0 Å². The average molecular weight is 312 g/mol. The lowest BCUT2D eigenvalue weighted by Gasteiger charge is -2.18. The summed E-state index contributed by atoms with van der Waals surface area (Å²) in [6.45, 7) is 2.01. The van der Waals surface area contributed by atoms with Crippen LogP contribution in [0.4, 0.5) is 10.5 Å². The van der Waals surface area contributed by atoms with Gasteiger partial charge in [0, 0.05) is 12.1 Å². The van der Waals surface area contributed by atoms with E-state index in [9.17, 15) is 9.59 Å². The van der Waals surface area contributed by atoms with E-state index in [1.807, 2.05) is 48.5 Å². The summed E-state index contributed by atoms with van der Waals surface area (Å²) >= 11 is 0. The minimum Gasteiger partial charge on any atom is -0.464 e. The van der Waals surface area contributed by atoms with Crippen LogP contribution < -0.4 is 10.6 Å². The third-order valence-corrected chi connectivity index (χ3v) is 3.19. The number of urea groups is 1. The fraction of sp³-hybridized carbons (Fsp3) is 0.222. The van der Waals surface area contributed by atoms with Crippen molar-refractivity contribution in [3.8, 4) is 0 Å². The summed E-state index contributed by atoms with van der Waals surface area (Å²) < 4.78 is 5.05. The van der Waals surface area contributed by atoms with Gasteiger partial charge in [0.1, 0.15) is 6.04 Å². The Hall–Kier alpha value is -2.82. The van der Waals surface area contributed by atoms with E-state index in [1.165, 1.54) is 0 Å². The van der Waals surface area contributed by atoms with E-state index in [-0.39, 0.29) is 6.61 Å². The van der Waals surface area contributed by atoms with E-state index in [1.54, 1.807) is 19.1 Å². The van der Waals surface area contributed by atoms with Crippen LogP contribution in [0.1, 0.15) is 12.5 Å². The minimum absolute atomic E-state index is 0.270. The Labute approximate surface area is 135 Å². The number of carbonyl (C=O) groups excluding carboxylic acids is 2. The first kappa shape index (κ1) is 16.5. The number of carbonyl (C=O) groups is 2. The Morgan fingerprint density at radius 2 is 1.61 bits per heavy atom. The molecular formula is C18H20N2O3. The zero-order chi connectivity index (χ0) is 16.5. The minimum atomic E-state index is -0.735. The zero-order valence-corrected chi connectivity index (χ0v) is 13.0. The normalized spacial score (nSPS) is 11.3. The molecule has 0 heterocycles. The largest absolute Gasteiger partial charge is 0.464 e. The number of nitrogens with one attached hydrogen (secondary N) is 2. The highest BCUT2D eigenvalue weighted by molar-refractivity contribution is 5.92. The number of ether oxygens (including phenoxy) is 1. The number of anilines is 1. The molecule has 0 saturated carbocycles. The SMILES string of the molecule is CCOC(=O)[C@H](Cc1ccccc1)NC(=O)Nc1ccccc1. The second-order valence-corrected chi connectivity index (χ2v) is 4.96. The van der Waals surface area contributed by atoms with Crippen LogP contribution in [0.3, 0.4) is 0 Å². The van der Waals surface area contributed by atoms with Crippen LogP contribution in [-0.4, -0.2) is 24.6 Å². The summed E-state index contributed by atoms with van der Waals surface area (Å²) in [6.07, 6.45) is 0.377. The molecule has 0 fully saturated rings. The highest BCUT2D eigenvalue weighted by Crippen LogP contribution is 2.07. The molecule has 120 valence electrons. The Morgan fingerprint density at radius 3 is 2.22 bits per heavy atom. The number of rotatable bonds is 6. The summed E-state index contributed by atoms with van der Waals surface area (Å²) in [4.78, 5) is 24.2. The Kier molecular flexibility index (Phi) is 6.17. The molecule has 0 bridgehead atoms. The molecule has 0 aliphatic rings. The summed E-state index contributed by atoms with van der Waals surface area (Å²) in [5, 5.41) is 5.37. The van der Waals surface area contributed by atoms with Crippen molar-refractivity contribution in [2.45, 2.75) is 19.4 Å². The van der Waals surface area contributed by atoms with Crippen LogP contribution in [-0.2, 0) is 16.0 Å². The smallest absolute Gasteiger partial charge is 0.329 e. The van der Waals surface area contributed by atoms with Gasteiger partial charge in [0.15, 0.2) is 0 Å². The summed E-state index contributed by atoms with van der Waals surface area (Å²) in [5.74, 6) is -0.445. The van der Waals surface area contributed by atoms with Crippen LogP contribution >= 0.6 is 0 Å². The maximum Gasteiger partial charge on any atom is 0.329 e. The molecule has 5 nitrogen and oxygen atoms in total. The van der Waals surface area contributed by atoms with Crippen LogP contribution in [0, 0.1) is 0 Å². The van der Waals surface area contributed by atoms with Crippen molar-refractivity contribution >= 4 is 17.7 Å². The summed E-state index contributed by atoms with van der Waals surface area (Å²) in [7, 11) is 0. The molecule has 23 heavy (non-hydrogen) atoms. The molecule has 2 aromatic rings. The lowest BCUT2D eigenvalue weighted by molar-refractivity contribution is -0.145. The van der Waals surface area contributed by atoms with Crippen LogP contribution in [0.25, 0.3) is 0 Å². The molecule has 2 aromatic carbocycles. The van der Waals surface area contributed by atoms with Gasteiger partial charge in [-0.1, -0.05) is 48.5 Å². The van der Waals surface area contributed by atoms with Gasteiger partial charge in [-0.2, -0.15) is 0 Å².